The Labute approximate surface area is 139 Å². The molecule has 0 aromatic heterocycles. The molecule has 0 aliphatic heterocycles. The first kappa shape index (κ1) is 20.5. The van der Waals surface area contributed by atoms with E-state index in [0.717, 1.165) is 11.3 Å². The summed E-state index contributed by atoms with van der Waals surface area (Å²) in [6, 6.07) is 5.01. The monoisotopic (exact) mass is 330 g/mol. The van der Waals surface area contributed by atoms with Crippen LogP contribution in [-0.2, 0) is 11.3 Å². The zero-order valence-corrected chi connectivity index (χ0v) is 15.0. The van der Waals surface area contributed by atoms with E-state index in [0.29, 0.717) is 12.3 Å². The van der Waals surface area contributed by atoms with E-state index in [-0.39, 0.29) is 23.7 Å². The van der Waals surface area contributed by atoms with E-state index in [4.69, 9.17) is 15.2 Å². The van der Waals surface area contributed by atoms with E-state index in [1.54, 1.807) is 32.2 Å². The van der Waals surface area contributed by atoms with Crippen LogP contribution in [0.2, 0.25) is 0 Å². The van der Waals surface area contributed by atoms with Crippen LogP contribution in [0.4, 0.5) is 0 Å². The van der Waals surface area contributed by atoms with Crippen molar-refractivity contribution >= 4 is 18.3 Å². The normalized spacial score (nSPS) is 12.1. The molecule has 0 radical (unpaired) electrons. The fourth-order valence-electron chi connectivity index (χ4n) is 1.92. The number of methoxy groups -OCH3 is 2. The molecule has 126 valence electrons. The Hall–Kier alpha value is -1.46. The Bertz CT molecular complexity index is 501. The van der Waals surface area contributed by atoms with Crippen LogP contribution >= 0.6 is 12.4 Å². The van der Waals surface area contributed by atoms with Gasteiger partial charge < -0.3 is 20.1 Å². The summed E-state index contributed by atoms with van der Waals surface area (Å²) in [4.78, 5) is 14.0. The summed E-state index contributed by atoms with van der Waals surface area (Å²) >= 11 is 0. The number of hydrogen-bond acceptors (Lipinski definition) is 4. The Balaban J connectivity index is 0.00000441. The van der Waals surface area contributed by atoms with Crippen molar-refractivity contribution in [1.82, 2.24) is 4.90 Å². The molecule has 2 N–H and O–H groups in total. The highest BCUT2D eigenvalue weighted by Crippen LogP contribution is 2.26. The summed E-state index contributed by atoms with van der Waals surface area (Å²) in [5, 5.41) is 0. The lowest BCUT2D eigenvalue weighted by molar-refractivity contribution is -0.134. The van der Waals surface area contributed by atoms with Gasteiger partial charge in [-0.25, -0.2) is 0 Å². The molecule has 0 aliphatic carbocycles. The molecule has 6 heteroatoms. The Morgan fingerprint density at radius 1 is 1.27 bits per heavy atom. The van der Waals surface area contributed by atoms with Crippen LogP contribution in [0.3, 0.4) is 0 Å². The SMILES string of the molecule is COc1ccc(CN(C)C(=O)[C@@H](N)C(C)(C)C)c(OC)c1.Cl. The lowest BCUT2D eigenvalue weighted by atomic mass is 9.86. The summed E-state index contributed by atoms with van der Waals surface area (Å²) in [5.41, 5.74) is 6.67. The number of likely N-dealkylation sites (N-methyl/N-ethyl adjacent to an activating group) is 1. The van der Waals surface area contributed by atoms with Crippen LogP contribution in [0.25, 0.3) is 0 Å². The lowest BCUT2D eigenvalue weighted by Crippen LogP contribution is -2.48. The molecule has 0 saturated carbocycles. The minimum absolute atomic E-state index is 0. The van der Waals surface area contributed by atoms with Gasteiger partial charge in [0.2, 0.25) is 5.91 Å². The van der Waals surface area contributed by atoms with Gasteiger partial charge >= 0.3 is 0 Å². The highest BCUT2D eigenvalue weighted by atomic mass is 35.5. The van der Waals surface area contributed by atoms with Gasteiger partial charge in [0.25, 0.3) is 0 Å². The average Bonchev–Trinajstić information content (AvgIpc) is 2.44. The van der Waals surface area contributed by atoms with Crippen molar-refractivity contribution < 1.29 is 14.3 Å². The molecule has 0 spiro atoms. The number of hydrogen-bond donors (Lipinski definition) is 1. The minimum Gasteiger partial charge on any atom is -0.497 e. The van der Waals surface area contributed by atoms with Crippen LogP contribution in [-0.4, -0.2) is 38.1 Å². The van der Waals surface area contributed by atoms with E-state index < -0.39 is 6.04 Å². The first-order valence-corrected chi connectivity index (χ1v) is 6.92. The van der Waals surface area contributed by atoms with Gasteiger partial charge in [0.1, 0.15) is 11.5 Å². The average molecular weight is 331 g/mol. The molecule has 1 aromatic rings. The summed E-state index contributed by atoms with van der Waals surface area (Å²) < 4.78 is 10.5. The predicted molar refractivity (Wildman–Crippen MR) is 90.7 cm³/mol. The van der Waals surface area contributed by atoms with Crippen molar-refractivity contribution in [3.63, 3.8) is 0 Å². The number of amides is 1. The molecule has 0 aliphatic rings. The largest absolute Gasteiger partial charge is 0.497 e. The van der Waals surface area contributed by atoms with Gasteiger partial charge in [0.15, 0.2) is 0 Å². The molecule has 5 nitrogen and oxygen atoms in total. The van der Waals surface area contributed by atoms with Crippen molar-refractivity contribution in [2.24, 2.45) is 11.1 Å². The molecule has 22 heavy (non-hydrogen) atoms. The smallest absolute Gasteiger partial charge is 0.240 e. The number of rotatable bonds is 5. The lowest BCUT2D eigenvalue weighted by Gasteiger charge is -2.30. The minimum atomic E-state index is -0.535. The van der Waals surface area contributed by atoms with Crippen molar-refractivity contribution in [1.29, 1.82) is 0 Å². The van der Waals surface area contributed by atoms with Gasteiger partial charge in [-0.3, -0.25) is 4.79 Å². The summed E-state index contributed by atoms with van der Waals surface area (Å²) in [5.74, 6) is 1.33. The molecule has 1 aromatic carbocycles. The van der Waals surface area contributed by atoms with Crippen molar-refractivity contribution in [3.8, 4) is 11.5 Å². The third-order valence-electron chi connectivity index (χ3n) is 3.48. The van der Waals surface area contributed by atoms with Crippen molar-refractivity contribution in [2.45, 2.75) is 33.4 Å². The van der Waals surface area contributed by atoms with E-state index in [2.05, 4.69) is 0 Å². The third kappa shape index (κ3) is 5.07. The second-order valence-corrected chi connectivity index (χ2v) is 6.22. The fourth-order valence-corrected chi connectivity index (χ4v) is 1.92. The van der Waals surface area contributed by atoms with Crippen molar-refractivity contribution in [2.75, 3.05) is 21.3 Å². The first-order chi connectivity index (χ1) is 9.70. The standard InChI is InChI=1S/C16H26N2O3.ClH/c1-16(2,3)14(17)15(19)18(4)10-11-7-8-12(20-5)9-13(11)21-6;/h7-9,14H,10,17H2,1-6H3;1H/t14-;/m1./s1. The van der Waals surface area contributed by atoms with Gasteiger partial charge in [0.05, 0.1) is 20.3 Å². The van der Waals surface area contributed by atoms with E-state index in [1.807, 2.05) is 32.9 Å². The summed E-state index contributed by atoms with van der Waals surface area (Å²) in [6.45, 7) is 6.31. The van der Waals surface area contributed by atoms with Crippen LogP contribution in [0.5, 0.6) is 11.5 Å². The molecule has 1 atom stereocenters. The number of carbonyl (C=O) groups excluding carboxylic acids is 1. The quantitative estimate of drug-likeness (QED) is 0.900. The first-order valence-electron chi connectivity index (χ1n) is 6.92. The number of carbonyl (C=O) groups is 1. The molecule has 0 fully saturated rings. The maximum Gasteiger partial charge on any atom is 0.240 e. The molecule has 0 saturated heterocycles. The van der Waals surface area contributed by atoms with Crippen LogP contribution < -0.4 is 15.2 Å². The number of halogens is 1. The molecular weight excluding hydrogens is 304 g/mol. The highest BCUT2D eigenvalue weighted by Gasteiger charge is 2.29. The van der Waals surface area contributed by atoms with Crippen LogP contribution in [0.15, 0.2) is 18.2 Å². The van der Waals surface area contributed by atoms with Gasteiger partial charge in [-0.2, -0.15) is 0 Å². The molecule has 0 unspecified atom stereocenters. The molecule has 1 amide bonds. The predicted octanol–water partition coefficient (Wildman–Crippen LogP) is 2.46. The fraction of sp³-hybridized carbons (Fsp3) is 0.562. The highest BCUT2D eigenvalue weighted by molar-refractivity contribution is 5.85. The molecule has 0 bridgehead atoms. The zero-order valence-electron chi connectivity index (χ0n) is 14.2. The molecule has 1 rings (SSSR count). The number of nitrogens with zero attached hydrogens (tertiary/aromatic N) is 1. The van der Waals surface area contributed by atoms with E-state index in [9.17, 15) is 4.79 Å². The molecule has 0 heterocycles. The van der Waals surface area contributed by atoms with Crippen LogP contribution in [0.1, 0.15) is 26.3 Å². The third-order valence-corrected chi connectivity index (χ3v) is 3.48. The Kier molecular flexibility index (Phi) is 7.70. The van der Waals surface area contributed by atoms with Gasteiger partial charge in [-0.15, -0.1) is 12.4 Å². The van der Waals surface area contributed by atoms with Gasteiger partial charge in [-0.05, 0) is 17.5 Å². The maximum absolute atomic E-state index is 12.4. The van der Waals surface area contributed by atoms with Gasteiger partial charge in [0, 0.05) is 25.2 Å². The van der Waals surface area contributed by atoms with Crippen molar-refractivity contribution in [3.05, 3.63) is 23.8 Å². The summed E-state index contributed by atoms with van der Waals surface area (Å²) in [6.07, 6.45) is 0. The number of benzene rings is 1. The number of ether oxygens (including phenoxy) is 2. The zero-order chi connectivity index (χ0) is 16.2. The summed E-state index contributed by atoms with van der Waals surface area (Å²) in [7, 11) is 4.95. The topological polar surface area (TPSA) is 64.8 Å². The van der Waals surface area contributed by atoms with Gasteiger partial charge in [-0.1, -0.05) is 20.8 Å². The molecular formula is C16H27ClN2O3. The maximum atomic E-state index is 12.4. The Morgan fingerprint density at radius 2 is 1.86 bits per heavy atom. The number of nitrogens with two attached hydrogens (primary N) is 1. The van der Waals surface area contributed by atoms with E-state index in [1.165, 1.54) is 0 Å². The van der Waals surface area contributed by atoms with Crippen LogP contribution in [0, 0.1) is 5.41 Å². The van der Waals surface area contributed by atoms with E-state index >= 15 is 0 Å². The Morgan fingerprint density at radius 3 is 2.32 bits per heavy atom. The second kappa shape index (κ2) is 8.25. The second-order valence-electron chi connectivity index (χ2n) is 6.22.